The molecular weight excluding hydrogens is 256 g/mol. The second-order valence-corrected chi connectivity index (χ2v) is 5.28. The second-order valence-electron chi connectivity index (χ2n) is 5.28. The van der Waals surface area contributed by atoms with Gasteiger partial charge in [0.1, 0.15) is 5.52 Å². The lowest BCUT2D eigenvalue weighted by atomic mass is 10.0. The van der Waals surface area contributed by atoms with Crippen molar-refractivity contribution in [2.75, 3.05) is 6.54 Å². The molecule has 0 spiro atoms. The Labute approximate surface area is 117 Å². The summed E-state index contributed by atoms with van der Waals surface area (Å²) in [5.74, 6) is -0.000512. The van der Waals surface area contributed by atoms with Gasteiger partial charge in [0.15, 0.2) is 5.65 Å². The fourth-order valence-electron chi connectivity index (χ4n) is 1.91. The number of aryl methyl sites for hydroxylation is 1. The summed E-state index contributed by atoms with van der Waals surface area (Å²) in [5.41, 5.74) is 1.93. The molecule has 0 aromatic carbocycles. The Bertz CT molecular complexity index is 606. The number of aliphatic hydroxyl groups is 1. The van der Waals surface area contributed by atoms with Gasteiger partial charge in [-0.3, -0.25) is 4.79 Å². The number of aromatic nitrogens is 3. The first-order valence-electron chi connectivity index (χ1n) is 6.72. The maximum Gasteiger partial charge on any atom is 0.252 e. The molecule has 6 nitrogen and oxygen atoms in total. The van der Waals surface area contributed by atoms with E-state index in [1.54, 1.807) is 17.0 Å². The number of hydrogen-bond donors (Lipinski definition) is 2. The number of imidazole rings is 1. The van der Waals surface area contributed by atoms with Crippen molar-refractivity contribution in [2.24, 2.45) is 13.0 Å². The molecule has 6 heteroatoms. The van der Waals surface area contributed by atoms with Crippen LogP contribution in [0.25, 0.3) is 11.2 Å². The molecule has 0 saturated carbocycles. The molecule has 0 radical (unpaired) electrons. The summed E-state index contributed by atoms with van der Waals surface area (Å²) in [5, 5.41) is 12.5. The third-order valence-corrected chi connectivity index (χ3v) is 3.31. The van der Waals surface area contributed by atoms with Crippen LogP contribution < -0.4 is 5.32 Å². The highest BCUT2D eigenvalue weighted by molar-refractivity contribution is 5.96. The highest BCUT2D eigenvalue weighted by atomic mass is 16.3. The van der Waals surface area contributed by atoms with Crippen LogP contribution in [0.3, 0.4) is 0 Å². The Kier molecular flexibility index (Phi) is 4.34. The monoisotopic (exact) mass is 276 g/mol. The highest BCUT2D eigenvalue weighted by Crippen LogP contribution is 2.10. The minimum Gasteiger partial charge on any atom is -0.393 e. The zero-order valence-electron chi connectivity index (χ0n) is 12.0. The van der Waals surface area contributed by atoms with E-state index in [2.05, 4.69) is 15.3 Å². The zero-order chi connectivity index (χ0) is 14.7. The first kappa shape index (κ1) is 14.5. The third-order valence-electron chi connectivity index (χ3n) is 3.31. The molecule has 2 heterocycles. The predicted molar refractivity (Wildman–Crippen MR) is 76.3 cm³/mol. The van der Waals surface area contributed by atoms with Crippen LogP contribution >= 0.6 is 0 Å². The van der Waals surface area contributed by atoms with E-state index < -0.39 is 6.10 Å². The average Bonchev–Trinajstić information content (AvgIpc) is 2.79. The van der Waals surface area contributed by atoms with Gasteiger partial charge in [-0.15, -0.1) is 0 Å². The van der Waals surface area contributed by atoms with E-state index in [1.807, 2.05) is 20.9 Å². The van der Waals surface area contributed by atoms with Crippen LogP contribution in [0.4, 0.5) is 0 Å². The zero-order valence-corrected chi connectivity index (χ0v) is 12.0. The lowest BCUT2D eigenvalue weighted by Crippen LogP contribution is -2.28. The molecule has 0 saturated heterocycles. The van der Waals surface area contributed by atoms with Crippen molar-refractivity contribution in [3.63, 3.8) is 0 Å². The van der Waals surface area contributed by atoms with E-state index in [4.69, 9.17) is 0 Å². The van der Waals surface area contributed by atoms with Crippen molar-refractivity contribution < 1.29 is 9.90 Å². The molecule has 2 aromatic rings. The molecule has 20 heavy (non-hydrogen) atoms. The highest BCUT2D eigenvalue weighted by Gasteiger charge is 2.12. The topological polar surface area (TPSA) is 80.0 Å². The van der Waals surface area contributed by atoms with E-state index in [-0.39, 0.29) is 11.8 Å². The van der Waals surface area contributed by atoms with Crippen molar-refractivity contribution in [3.05, 3.63) is 24.2 Å². The first-order chi connectivity index (χ1) is 9.49. The van der Waals surface area contributed by atoms with Gasteiger partial charge in [0.05, 0.1) is 18.0 Å². The molecule has 2 N–H and O–H groups in total. The first-order valence-corrected chi connectivity index (χ1v) is 6.72. The van der Waals surface area contributed by atoms with E-state index in [9.17, 15) is 9.90 Å². The normalized spacial score (nSPS) is 12.8. The van der Waals surface area contributed by atoms with Crippen molar-refractivity contribution >= 4 is 17.1 Å². The summed E-state index contributed by atoms with van der Waals surface area (Å²) < 4.78 is 1.80. The van der Waals surface area contributed by atoms with Crippen molar-refractivity contribution in [1.29, 1.82) is 0 Å². The van der Waals surface area contributed by atoms with Crippen LogP contribution in [0, 0.1) is 5.92 Å². The number of amides is 1. The number of fused-ring (bicyclic) bond motifs is 1. The van der Waals surface area contributed by atoms with Gasteiger partial charge in [0.2, 0.25) is 0 Å². The average molecular weight is 276 g/mol. The number of nitrogens with zero attached hydrogens (tertiary/aromatic N) is 3. The molecule has 1 atom stereocenters. The van der Waals surface area contributed by atoms with E-state index in [0.29, 0.717) is 24.0 Å². The van der Waals surface area contributed by atoms with E-state index in [0.717, 1.165) is 5.65 Å². The molecule has 1 amide bonds. The fourth-order valence-corrected chi connectivity index (χ4v) is 1.91. The van der Waals surface area contributed by atoms with Crippen LogP contribution in [0.5, 0.6) is 0 Å². The molecule has 108 valence electrons. The molecule has 0 aliphatic heterocycles. The molecule has 0 bridgehead atoms. The number of aliphatic hydroxyl groups excluding tert-OH is 1. The fraction of sp³-hybridized carbons (Fsp3) is 0.500. The molecule has 1 unspecified atom stereocenters. The molecular formula is C14H20N4O2. The maximum absolute atomic E-state index is 12.0. The summed E-state index contributed by atoms with van der Waals surface area (Å²) in [6, 6.07) is 1.72. The predicted octanol–water partition coefficient (Wildman–Crippen LogP) is 1.11. The van der Waals surface area contributed by atoms with Gasteiger partial charge in [-0.1, -0.05) is 13.8 Å². The molecule has 0 fully saturated rings. The van der Waals surface area contributed by atoms with E-state index >= 15 is 0 Å². The minimum atomic E-state index is -0.397. The summed E-state index contributed by atoms with van der Waals surface area (Å²) in [6.45, 7) is 4.34. The van der Waals surface area contributed by atoms with Gasteiger partial charge < -0.3 is 15.0 Å². The Balaban J connectivity index is 1.97. The second kappa shape index (κ2) is 6.00. The number of pyridine rings is 1. The quantitative estimate of drug-likeness (QED) is 0.857. The van der Waals surface area contributed by atoms with Gasteiger partial charge >= 0.3 is 0 Å². The molecule has 2 rings (SSSR count). The number of nitrogens with one attached hydrogen (secondary N) is 1. The summed E-state index contributed by atoms with van der Waals surface area (Å²) in [7, 11) is 1.86. The SMILES string of the molecule is CC(C)C(O)CCNC(=O)c1cnc2c(c1)ncn2C. The summed E-state index contributed by atoms with van der Waals surface area (Å²) in [6.07, 6.45) is 3.35. The van der Waals surface area contributed by atoms with Gasteiger partial charge in [-0.05, 0) is 18.4 Å². The van der Waals surface area contributed by atoms with Crippen molar-refractivity contribution in [3.8, 4) is 0 Å². The van der Waals surface area contributed by atoms with Crippen LogP contribution in [0.15, 0.2) is 18.6 Å². The van der Waals surface area contributed by atoms with Crippen LogP contribution in [-0.4, -0.2) is 38.2 Å². The van der Waals surface area contributed by atoms with Gasteiger partial charge in [0.25, 0.3) is 5.91 Å². The van der Waals surface area contributed by atoms with Gasteiger partial charge in [-0.2, -0.15) is 0 Å². The van der Waals surface area contributed by atoms with Crippen LogP contribution in [-0.2, 0) is 7.05 Å². The van der Waals surface area contributed by atoms with Crippen molar-refractivity contribution in [2.45, 2.75) is 26.4 Å². The van der Waals surface area contributed by atoms with Crippen molar-refractivity contribution in [1.82, 2.24) is 19.9 Å². The minimum absolute atomic E-state index is 0.193. The number of carbonyl (C=O) groups excluding carboxylic acids is 1. The lowest BCUT2D eigenvalue weighted by Gasteiger charge is -2.14. The molecule has 2 aromatic heterocycles. The van der Waals surface area contributed by atoms with Crippen LogP contribution in [0.2, 0.25) is 0 Å². The Morgan fingerprint density at radius 1 is 1.45 bits per heavy atom. The van der Waals surface area contributed by atoms with Crippen LogP contribution in [0.1, 0.15) is 30.6 Å². The van der Waals surface area contributed by atoms with Gasteiger partial charge in [0, 0.05) is 19.8 Å². The van der Waals surface area contributed by atoms with Gasteiger partial charge in [-0.25, -0.2) is 9.97 Å². The standard InChI is InChI=1S/C14H20N4O2/c1-9(2)12(19)4-5-15-14(20)10-6-11-13(16-7-10)18(3)8-17-11/h6-9,12,19H,4-5H2,1-3H3,(H,15,20). The molecule has 0 aliphatic rings. The largest absolute Gasteiger partial charge is 0.393 e. The Morgan fingerprint density at radius 2 is 2.20 bits per heavy atom. The Morgan fingerprint density at radius 3 is 2.90 bits per heavy atom. The maximum atomic E-state index is 12.0. The summed E-state index contributed by atoms with van der Waals surface area (Å²) in [4.78, 5) is 20.4. The van der Waals surface area contributed by atoms with E-state index in [1.165, 1.54) is 6.20 Å². The molecule has 0 aliphatic carbocycles. The number of rotatable bonds is 5. The number of hydrogen-bond acceptors (Lipinski definition) is 4. The third kappa shape index (κ3) is 3.14. The smallest absolute Gasteiger partial charge is 0.252 e. The Hall–Kier alpha value is -1.95. The number of carbonyl (C=O) groups is 1. The lowest BCUT2D eigenvalue weighted by molar-refractivity contribution is 0.0920. The summed E-state index contributed by atoms with van der Waals surface area (Å²) >= 11 is 0.